The van der Waals surface area contributed by atoms with Crippen molar-refractivity contribution in [3.05, 3.63) is 114 Å². The average Bonchev–Trinajstić information content (AvgIpc) is 3.10. The lowest BCUT2D eigenvalue weighted by molar-refractivity contribution is -0.145. The van der Waals surface area contributed by atoms with E-state index in [9.17, 15) is 14.7 Å². The molecule has 3 atom stereocenters. The standard InChI is InChI=1S/C37H40N2O7/c1-43-36(40)34(35(38-44-2)30-14-13-27-11-6-7-12-29(27)23-30)33-24-39(37(41)42)20-19-32(33)28-15-17-31(18-16-28)46-22-8-21-45-25-26-9-4-3-5-10-26/h3-7,9-18,23,32-34H,8,19-22,24-25H2,1-2H3,(H,41,42)/b38-35+. The summed E-state index contributed by atoms with van der Waals surface area (Å²) in [4.78, 5) is 32.4. The molecule has 0 bridgehead atoms. The molecule has 1 N–H and O–H groups in total. The van der Waals surface area contributed by atoms with Crippen LogP contribution in [0.3, 0.4) is 0 Å². The highest BCUT2D eigenvalue weighted by atomic mass is 16.6. The molecule has 240 valence electrons. The third-order valence-electron chi connectivity index (χ3n) is 8.46. The summed E-state index contributed by atoms with van der Waals surface area (Å²) in [6.07, 6.45) is 0.252. The van der Waals surface area contributed by atoms with E-state index in [0.717, 1.165) is 34.1 Å². The molecule has 4 aromatic rings. The minimum Gasteiger partial charge on any atom is -0.494 e. The highest BCUT2D eigenvalue weighted by Crippen LogP contribution is 2.40. The number of piperidine rings is 1. The number of nitrogens with zero attached hydrogens (tertiary/aromatic N) is 2. The minimum atomic E-state index is -1.03. The molecule has 9 heteroatoms. The van der Waals surface area contributed by atoms with E-state index in [4.69, 9.17) is 19.0 Å². The van der Waals surface area contributed by atoms with Gasteiger partial charge in [0, 0.05) is 31.0 Å². The normalized spacial score (nSPS) is 17.3. The van der Waals surface area contributed by atoms with Crippen LogP contribution < -0.4 is 4.74 Å². The van der Waals surface area contributed by atoms with E-state index in [-0.39, 0.29) is 12.5 Å². The number of ether oxygens (including phenoxy) is 3. The Hall–Kier alpha value is -4.89. The minimum absolute atomic E-state index is 0.136. The van der Waals surface area contributed by atoms with E-state index in [1.807, 2.05) is 97.1 Å². The number of carbonyl (C=O) groups excluding carboxylic acids is 1. The zero-order valence-corrected chi connectivity index (χ0v) is 26.2. The maximum absolute atomic E-state index is 13.6. The van der Waals surface area contributed by atoms with Crippen LogP contribution in [-0.2, 0) is 25.7 Å². The second-order valence-corrected chi connectivity index (χ2v) is 11.3. The number of amides is 1. The van der Waals surface area contributed by atoms with Crippen LogP contribution >= 0.6 is 0 Å². The highest BCUT2D eigenvalue weighted by molar-refractivity contribution is 6.13. The summed E-state index contributed by atoms with van der Waals surface area (Å²) in [7, 11) is 2.78. The maximum atomic E-state index is 13.6. The third kappa shape index (κ3) is 8.03. The number of oxime groups is 1. The van der Waals surface area contributed by atoms with Crippen LogP contribution in [0.25, 0.3) is 10.8 Å². The van der Waals surface area contributed by atoms with Crippen molar-refractivity contribution in [3.63, 3.8) is 0 Å². The van der Waals surface area contributed by atoms with Gasteiger partial charge in [-0.15, -0.1) is 0 Å². The highest BCUT2D eigenvalue weighted by Gasteiger charge is 2.44. The Morgan fingerprint density at radius 1 is 0.913 bits per heavy atom. The number of hydrogen-bond donors (Lipinski definition) is 1. The topological polar surface area (TPSA) is 107 Å². The van der Waals surface area contributed by atoms with Crippen molar-refractivity contribution in [2.75, 3.05) is 40.5 Å². The third-order valence-corrected chi connectivity index (χ3v) is 8.46. The average molecular weight is 625 g/mol. The Balaban J connectivity index is 1.34. The SMILES string of the molecule is CO/N=C(\c1ccc2ccccc2c1)C(C(=O)OC)C1CN(C(=O)O)CCC1c1ccc(OCCCOCc2ccccc2)cc1. The molecule has 0 spiro atoms. The smallest absolute Gasteiger partial charge is 0.407 e. The van der Waals surface area contributed by atoms with Crippen LogP contribution in [0, 0.1) is 11.8 Å². The number of carboxylic acid groups (broad SMARTS) is 1. The van der Waals surface area contributed by atoms with E-state index in [1.54, 1.807) is 0 Å². The molecule has 1 aliphatic heterocycles. The van der Waals surface area contributed by atoms with Gasteiger partial charge >= 0.3 is 12.1 Å². The molecule has 3 unspecified atom stereocenters. The van der Waals surface area contributed by atoms with Crippen molar-refractivity contribution >= 4 is 28.5 Å². The fourth-order valence-electron chi connectivity index (χ4n) is 6.19. The number of likely N-dealkylation sites (tertiary alicyclic amines) is 1. The van der Waals surface area contributed by atoms with Crippen molar-refractivity contribution in [1.29, 1.82) is 0 Å². The first-order chi connectivity index (χ1) is 22.5. The van der Waals surface area contributed by atoms with Gasteiger partial charge in [-0.1, -0.05) is 84.0 Å². The molecule has 5 rings (SSSR count). The summed E-state index contributed by atoms with van der Waals surface area (Å²) >= 11 is 0. The van der Waals surface area contributed by atoms with Gasteiger partial charge in [0.15, 0.2) is 0 Å². The Morgan fingerprint density at radius 2 is 1.65 bits per heavy atom. The molecule has 1 saturated heterocycles. The van der Waals surface area contributed by atoms with Crippen LogP contribution in [0.4, 0.5) is 4.79 Å². The number of fused-ring (bicyclic) bond motifs is 1. The summed E-state index contributed by atoms with van der Waals surface area (Å²) in [5, 5.41) is 16.3. The van der Waals surface area contributed by atoms with E-state index in [0.29, 0.717) is 44.1 Å². The summed E-state index contributed by atoms with van der Waals surface area (Å²) in [6, 6.07) is 31.6. The Labute approximate surface area is 269 Å². The number of esters is 1. The van der Waals surface area contributed by atoms with Crippen molar-refractivity contribution in [2.24, 2.45) is 17.0 Å². The van der Waals surface area contributed by atoms with Crippen LogP contribution in [0.1, 0.15) is 35.4 Å². The fourth-order valence-corrected chi connectivity index (χ4v) is 6.19. The van der Waals surface area contributed by atoms with Crippen molar-refractivity contribution in [3.8, 4) is 5.75 Å². The predicted molar refractivity (Wildman–Crippen MR) is 176 cm³/mol. The van der Waals surface area contributed by atoms with E-state index >= 15 is 0 Å². The van der Waals surface area contributed by atoms with Gasteiger partial charge in [0.1, 0.15) is 24.5 Å². The van der Waals surface area contributed by atoms with Gasteiger partial charge in [0.05, 0.1) is 26.9 Å². The van der Waals surface area contributed by atoms with Crippen LogP contribution in [0.2, 0.25) is 0 Å². The predicted octanol–water partition coefficient (Wildman–Crippen LogP) is 6.75. The van der Waals surface area contributed by atoms with Gasteiger partial charge in [-0.25, -0.2) is 4.79 Å². The monoisotopic (exact) mass is 624 g/mol. The maximum Gasteiger partial charge on any atom is 0.407 e. The molecule has 0 aromatic heterocycles. The largest absolute Gasteiger partial charge is 0.494 e. The zero-order chi connectivity index (χ0) is 32.3. The van der Waals surface area contributed by atoms with Gasteiger partial charge in [-0.2, -0.15) is 0 Å². The van der Waals surface area contributed by atoms with E-state index in [2.05, 4.69) is 5.16 Å². The molecule has 1 fully saturated rings. The van der Waals surface area contributed by atoms with E-state index in [1.165, 1.54) is 19.1 Å². The summed E-state index contributed by atoms with van der Waals surface area (Å²) in [5.41, 5.74) is 3.23. The van der Waals surface area contributed by atoms with E-state index < -0.39 is 23.9 Å². The Kier molecular flexibility index (Phi) is 11.2. The lowest BCUT2D eigenvalue weighted by atomic mass is 9.71. The molecular weight excluding hydrogens is 584 g/mol. The quantitative estimate of drug-likeness (QED) is 0.0759. The van der Waals surface area contributed by atoms with Crippen LogP contribution in [-0.4, -0.2) is 68.3 Å². The number of rotatable bonds is 13. The molecule has 0 aliphatic carbocycles. The molecule has 0 radical (unpaired) electrons. The summed E-state index contributed by atoms with van der Waals surface area (Å²) < 4.78 is 17.0. The van der Waals surface area contributed by atoms with Gasteiger partial charge in [0.25, 0.3) is 0 Å². The van der Waals surface area contributed by atoms with Gasteiger partial charge in [-0.05, 0) is 52.4 Å². The van der Waals surface area contributed by atoms with Gasteiger partial charge < -0.3 is 29.1 Å². The Morgan fingerprint density at radius 3 is 2.37 bits per heavy atom. The number of benzene rings is 4. The van der Waals surface area contributed by atoms with Crippen LogP contribution in [0.15, 0.2) is 102 Å². The molecule has 1 aliphatic rings. The molecule has 46 heavy (non-hydrogen) atoms. The van der Waals surface area contributed by atoms with Crippen LogP contribution in [0.5, 0.6) is 5.75 Å². The lowest BCUT2D eigenvalue weighted by Crippen LogP contribution is -2.48. The summed E-state index contributed by atoms with van der Waals surface area (Å²) in [5.74, 6) is -1.27. The number of carbonyl (C=O) groups is 2. The molecule has 9 nitrogen and oxygen atoms in total. The molecule has 0 saturated carbocycles. The second kappa shape index (κ2) is 15.9. The number of methoxy groups -OCH3 is 1. The molecule has 1 heterocycles. The number of hydrogen-bond acceptors (Lipinski definition) is 7. The first-order valence-corrected chi connectivity index (χ1v) is 15.5. The van der Waals surface area contributed by atoms with Crippen molar-refractivity contribution in [1.82, 2.24) is 4.90 Å². The Bertz CT molecular complexity index is 1620. The molecule has 1 amide bonds. The first kappa shape index (κ1) is 32.5. The van der Waals surface area contributed by atoms with Crippen molar-refractivity contribution in [2.45, 2.75) is 25.4 Å². The molecular formula is C37H40N2O7. The lowest BCUT2D eigenvalue weighted by Gasteiger charge is -2.40. The fraction of sp³-hybridized carbons (Fsp3) is 0.324. The van der Waals surface area contributed by atoms with Gasteiger partial charge in [0.2, 0.25) is 0 Å². The second-order valence-electron chi connectivity index (χ2n) is 11.3. The van der Waals surface area contributed by atoms with Crippen molar-refractivity contribution < 1.29 is 33.7 Å². The van der Waals surface area contributed by atoms with Gasteiger partial charge in [-0.3, -0.25) is 4.79 Å². The molecule has 4 aromatic carbocycles. The first-order valence-electron chi connectivity index (χ1n) is 15.5. The zero-order valence-electron chi connectivity index (χ0n) is 26.2. The summed E-state index contributed by atoms with van der Waals surface area (Å²) in [6.45, 7) is 2.16.